The molecule has 2 aromatic rings. The Hall–Kier alpha value is -2.61. The Kier molecular flexibility index (Phi) is 9.74. The number of rotatable bonds is 12. The van der Waals surface area contributed by atoms with Crippen molar-refractivity contribution < 1.29 is 19.0 Å². The lowest BCUT2D eigenvalue weighted by molar-refractivity contribution is -0.136. The van der Waals surface area contributed by atoms with E-state index >= 15 is 0 Å². The summed E-state index contributed by atoms with van der Waals surface area (Å²) in [5, 5.41) is 0. The summed E-state index contributed by atoms with van der Waals surface area (Å²) in [6, 6.07) is 17.0. The highest BCUT2D eigenvalue weighted by atomic mass is 16.5. The first-order valence-corrected chi connectivity index (χ1v) is 11.8. The minimum atomic E-state index is -0.00366. The van der Waals surface area contributed by atoms with Crippen molar-refractivity contribution in [1.29, 1.82) is 0 Å². The average molecular weight is 470 g/mol. The van der Waals surface area contributed by atoms with E-state index in [1.54, 1.807) is 21.3 Å². The van der Waals surface area contributed by atoms with Crippen LogP contribution in [0.5, 0.6) is 5.75 Å². The van der Waals surface area contributed by atoms with E-state index in [0.29, 0.717) is 19.7 Å². The number of hydrogen-bond donors (Lipinski definition) is 0. The largest absolute Gasteiger partial charge is 0.496 e. The van der Waals surface area contributed by atoms with Crippen LogP contribution in [0.4, 0.5) is 5.69 Å². The summed E-state index contributed by atoms with van der Waals surface area (Å²) in [7, 11) is 9.05. The van der Waals surface area contributed by atoms with Crippen molar-refractivity contribution in [2.24, 2.45) is 5.92 Å². The molecule has 7 nitrogen and oxygen atoms in total. The average Bonchev–Trinajstić information content (AvgIpc) is 3.23. The van der Waals surface area contributed by atoms with Gasteiger partial charge in [-0.05, 0) is 35.2 Å². The number of carbonyl (C=O) groups excluding carboxylic acids is 1. The topological polar surface area (TPSA) is 54.5 Å². The number of methoxy groups -OCH3 is 3. The van der Waals surface area contributed by atoms with E-state index < -0.39 is 0 Å². The first kappa shape index (κ1) is 26.0. The van der Waals surface area contributed by atoms with E-state index in [1.807, 2.05) is 17.0 Å². The number of nitrogens with zero attached hydrogens (tertiary/aromatic N) is 3. The van der Waals surface area contributed by atoms with Gasteiger partial charge < -0.3 is 24.0 Å². The van der Waals surface area contributed by atoms with Gasteiger partial charge in [0.2, 0.25) is 5.91 Å². The first-order valence-electron chi connectivity index (χ1n) is 11.8. The third kappa shape index (κ3) is 6.72. The fourth-order valence-electron chi connectivity index (χ4n) is 4.77. The second kappa shape index (κ2) is 12.7. The van der Waals surface area contributed by atoms with E-state index in [0.717, 1.165) is 25.4 Å². The van der Waals surface area contributed by atoms with E-state index in [2.05, 4.69) is 60.3 Å². The second-order valence-electron chi connectivity index (χ2n) is 9.13. The lowest BCUT2D eigenvalue weighted by Crippen LogP contribution is -2.41. The molecule has 0 bridgehead atoms. The van der Waals surface area contributed by atoms with Gasteiger partial charge in [-0.15, -0.1) is 0 Å². The van der Waals surface area contributed by atoms with Crippen LogP contribution < -0.4 is 9.64 Å². The summed E-state index contributed by atoms with van der Waals surface area (Å²) >= 11 is 0. The first-order chi connectivity index (χ1) is 16.5. The Balaban J connectivity index is 1.82. The Labute approximate surface area is 204 Å². The minimum absolute atomic E-state index is 0.00366. The van der Waals surface area contributed by atoms with Crippen molar-refractivity contribution in [2.45, 2.75) is 12.5 Å². The Morgan fingerprint density at radius 3 is 2.38 bits per heavy atom. The van der Waals surface area contributed by atoms with E-state index in [1.165, 1.54) is 16.8 Å². The predicted octanol–water partition coefficient (Wildman–Crippen LogP) is 3.10. The minimum Gasteiger partial charge on any atom is -0.496 e. The number of anilines is 1. The Morgan fingerprint density at radius 2 is 1.74 bits per heavy atom. The summed E-state index contributed by atoms with van der Waals surface area (Å²) in [5.41, 5.74) is 3.68. The summed E-state index contributed by atoms with van der Waals surface area (Å²) < 4.78 is 16.1. The number of benzene rings is 2. The molecule has 7 heteroatoms. The van der Waals surface area contributed by atoms with Crippen LogP contribution in [-0.2, 0) is 20.8 Å². The number of carbonyl (C=O) groups is 1. The predicted molar refractivity (Wildman–Crippen MR) is 136 cm³/mol. The van der Waals surface area contributed by atoms with Gasteiger partial charge in [-0.1, -0.05) is 30.3 Å². The molecule has 0 saturated carbocycles. The highest BCUT2D eigenvalue weighted by Crippen LogP contribution is 2.38. The molecule has 1 saturated heterocycles. The van der Waals surface area contributed by atoms with E-state index in [4.69, 9.17) is 14.2 Å². The molecular weight excluding hydrogens is 430 g/mol. The monoisotopic (exact) mass is 469 g/mol. The van der Waals surface area contributed by atoms with E-state index in [-0.39, 0.29) is 24.3 Å². The third-order valence-electron chi connectivity index (χ3n) is 6.55. The molecule has 1 fully saturated rings. The number of amides is 1. The van der Waals surface area contributed by atoms with Gasteiger partial charge in [0.15, 0.2) is 0 Å². The zero-order valence-corrected chi connectivity index (χ0v) is 21.2. The van der Waals surface area contributed by atoms with Gasteiger partial charge in [-0.2, -0.15) is 0 Å². The lowest BCUT2D eigenvalue weighted by Gasteiger charge is -2.29. The third-order valence-corrected chi connectivity index (χ3v) is 6.55. The molecule has 0 unspecified atom stereocenters. The second-order valence-corrected chi connectivity index (χ2v) is 9.13. The summed E-state index contributed by atoms with van der Waals surface area (Å²) in [6.45, 7) is 4.49. The van der Waals surface area contributed by atoms with Crippen LogP contribution in [0.2, 0.25) is 0 Å². The molecule has 0 spiro atoms. The van der Waals surface area contributed by atoms with Crippen molar-refractivity contribution in [3.63, 3.8) is 0 Å². The highest BCUT2D eigenvalue weighted by Gasteiger charge is 2.37. The van der Waals surface area contributed by atoms with Crippen LogP contribution in [0.25, 0.3) is 0 Å². The molecule has 3 rings (SSSR count). The van der Waals surface area contributed by atoms with E-state index in [9.17, 15) is 4.79 Å². The van der Waals surface area contributed by atoms with Crippen molar-refractivity contribution in [2.75, 3.05) is 79.7 Å². The number of likely N-dealkylation sites (tertiary alicyclic amines) is 1. The molecule has 0 aromatic heterocycles. The van der Waals surface area contributed by atoms with Gasteiger partial charge >= 0.3 is 0 Å². The molecule has 1 aliphatic heterocycles. The van der Waals surface area contributed by atoms with Gasteiger partial charge in [0.25, 0.3) is 0 Å². The fourth-order valence-corrected chi connectivity index (χ4v) is 4.77. The molecule has 34 heavy (non-hydrogen) atoms. The maximum atomic E-state index is 12.8. The van der Waals surface area contributed by atoms with Crippen molar-refractivity contribution in [3.8, 4) is 5.75 Å². The molecule has 1 amide bonds. The molecular formula is C27H39N3O4. The molecule has 0 N–H and O–H groups in total. The summed E-state index contributed by atoms with van der Waals surface area (Å²) in [6.07, 6.45) is 0. The van der Waals surface area contributed by atoms with Crippen molar-refractivity contribution in [3.05, 3.63) is 59.7 Å². The van der Waals surface area contributed by atoms with Crippen molar-refractivity contribution in [1.82, 2.24) is 9.80 Å². The number of para-hydroxylation sites is 1. The molecule has 2 aromatic carbocycles. The smallest absolute Gasteiger partial charge is 0.248 e. The zero-order chi connectivity index (χ0) is 24.5. The Morgan fingerprint density at radius 1 is 1.00 bits per heavy atom. The van der Waals surface area contributed by atoms with Crippen LogP contribution in [0, 0.1) is 5.92 Å². The number of ether oxygens (including phenoxy) is 3. The molecule has 186 valence electrons. The normalized spacial score (nSPS) is 18.1. The summed E-state index contributed by atoms with van der Waals surface area (Å²) in [4.78, 5) is 19.2. The van der Waals surface area contributed by atoms with Crippen LogP contribution in [0.15, 0.2) is 48.5 Å². The molecule has 0 radical (unpaired) electrons. The fraction of sp³-hybridized carbons (Fsp3) is 0.519. The zero-order valence-electron chi connectivity index (χ0n) is 21.2. The molecule has 1 heterocycles. The molecule has 2 atom stereocenters. The SMILES string of the molecule is COCCN(C[C@H]1CN(Cc2ccc(N(C)C)cc2)C[C@@H]1c1ccccc1OC)C(=O)COC. The van der Waals surface area contributed by atoms with Crippen LogP contribution in [-0.4, -0.2) is 90.5 Å². The van der Waals surface area contributed by atoms with Crippen LogP contribution in [0.3, 0.4) is 0 Å². The Bertz CT molecular complexity index is 903. The lowest BCUT2D eigenvalue weighted by atomic mass is 9.88. The molecule has 1 aliphatic rings. The standard InChI is InChI=1S/C27H39N3O4/c1-28(2)23-12-10-21(11-13-23)16-29-17-22(18-30(14-15-32-3)27(31)20-33-4)25(19-29)24-8-6-7-9-26(24)34-5/h6-13,22,25H,14-20H2,1-5H3/t22-,25+/m1/s1. The summed E-state index contributed by atoms with van der Waals surface area (Å²) in [5.74, 6) is 1.44. The van der Waals surface area contributed by atoms with Gasteiger partial charge in [0.1, 0.15) is 12.4 Å². The molecule has 0 aliphatic carbocycles. The van der Waals surface area contributed by atoms with Gasteiger partial charge in [-0.3, -0.25) is 9.69 Å². The van der Waals surface area contributed by atoms with Crippen LogP contribution in [0.1, 0.15) is 17.0 Å². The van der Waals surface area contributed by atoms with Gasteiger partial charge in [0.05, 0.1) is 13.7 Å². The quantitative estimate of drug-likeness (QED) is 0.476. The van der Waals surface area contributed by atoms with Gasteiger partial charge in [-0.25, -0.2) is 0 Å². The van der Waals surface area contributed by atoms with Crippen molar-refractivity contribution >= 4 is 11.6 Å². The van der Waals surface area contributed by atoms with Crippen LogP contribution >= 0.6 is 0 Å². The highest BCUT2D eigenvalue weighted by molar-refractivity contribution is 5.77. The maximum Gasteiger partial charge on any atom is 0.248 e. The maximum absolute atomic E-state index is 12.8. The number of hydrogen-bond acceptors (Lipinski definition) is 6. The van der Waals surface area contributed by atoms with Gasteiger partial charge in [0, 0.05) is 72.6 Å².